The van der Waals surface area contributed by atoms with Crippen molar-refractivity contribution in [2.45, 2.75) is 20.3 Å². The quantitative estimate of drug-likeness (QED) is 0.347. The van der Waals surface area contributed by atoms with Crippen molar-refractivity contribution in [3.05, 3.63) is 108 Å². The van der Waals surface area contributed by atoms with Crippen molar-refractivity contribution in [2.75, 3.05) is 0 Å². The molecule has 3 heteroatoms. The van der Waals surface area contributed by atoms with Crippen LogP contribution in [0.25, 0.3) is 27.1 Å². The topological polar surface area (TPSA) is 0 Å². The predicted molar refractivity (Wildman–Crippen MR) is 113 cm³/mol. The first kappa shape index (κ1) is 25.5. The first-order valence-electron chi connectivity index (χ1n) is 9.09. The summed E-state index contributed by atoms with van der Waals surface area (Å²) >= 11 is 0. The maximum Gasteiger partial charge on any atom is 4.00 e. The van der Waals surface area contributed by atoms with E-state index in [0.29, 0.717) is 0 Å². The first-order valence-corrected chi connectivity index (χ1v) is 9.09. The molecule has 0 atom stereocenters. The number of fused-ring (bicyclic) bond motifs is 3. The molecule has 0 amide bonds. The molecule has 144 valence electrons. The summed E-state index contributed by atoms with van der Waals surface area (Å²) in [4.78, 5) is 0. The van der Waals surface area contributed by atoms with Crippen LogP contribution in [0.15, 0.2) is 84.9 Å². The largest absolute Gasteiger partial charge is 4.00 e. The summed E-state index contributed by atoms with van der Waals surface area (Å²) in [5.41, 5.74) is 5.24. The fourth-order valence-corrected chi connectivity index (χ4v) is 3.49. The van der Waals surface area contributed by atoms with Crippen LogP contribution in [0.4, 0.5) is 0 Å². The van der Waals surface area contributed by atoms with Gasteiger partial charge in [-0.25, -0.2) is 6.08 Å². The van der Waals surface area contributed by atoms with E-state index < -0.39 is 0 Å². The minimum Gasteiger partial charge on any atom is -1.00 e. The third kappa shape index (κ3) is 5.98. The number of benzene rings is 3. The molecule has 29 heavy (non-hydrogen) atoms. The molecule has 0 saturated carbocycles. The summed E-state index contributed by atoms with van der Waals surface area (Å²) in [6.45, 7) is 4.28. The van der Waals surface area contributed by atoms with Crippen LogP contribution in [0.1, 0.15) is 23.1 Å². The van der Waals surface area contributed by atoms with E-state index in [1.165, 1.54) is 43.8 Å². The second kappa shape index (κ2) is 11.6. The number of rotatable bonds is 1. The molecular formula is C26H22Cl2Zr. The van der Waals surface area contributed by atoms with Crippen molar-refractivity contribution in [2.24, 2.45) is 0 Å². The average molecular weight is 497 g/mol. The number of hydrogen-bond acceptors (Lipinski definition) is 0. The van der Waals surface area contributed by atoms with Crippen molar-refractivity contribution < 1.29 is 51.0 Å². The van der Waals surface area contributed by atoms with Crippen LogP contribution in [-0.4, -0.2) is 0 Å². The fraction of sp³-hybridized carbons (Fsp3) is 0.115. The van der Waals surface area contributed by atoms with E-state index in [2.05, 4.69) is 98.8 Å². The van der Waals surface area contributed by atoms with E-state index in [0.717, 1.165) is 6.42 Å². The Hall–Kier alpha value is -1.53. The standard InChI is InChI=1S/C15H13.C11H9.2ClH.Zr/c1-10-3-5-14-12(7-10)9-13-8-11(2)4-6-15(13)14;1-2-6-10(7-3-1)11-8-4-5-9-11;;;/h3-9H,1-2H3;1-3,6-9H,4H2;2*1H;/q2*-1;;;+4/p-2. The van der Waals surface area contributed by atoms with Gasteiger partial charge < -0.3 is 24.8 Å². The summed E-state index contributed by atoms with van der Waals surface area (Å²) in [5, 5.41) is 5.46. The number of hydrogen-bond donors (Lipinski definition) is 0. The molecule has 1 aliphatic carbocycles. The normalized spacial score (nSPS) is 11.6. The zero-order valence-corrected chi connectivity index (χ0v) is 20.5. The van der Waals surface area contributed by atoms with Crippen LogP contribution in [0.5, 0.6) is 0 Å². The summed E-state index contributed by atoms with van der Waals surface area (Å²) in [6, 6.07) is 26.0. The van der Waals surface area contributed by atoms with Gasteiger partial charge in [-0.3, -0.25) is 6.08 Å². The molecule has 0 aromatic heterocycles. The Kier molecular flexibility index (Phi) is 10.2. The van der Waals surface area contributed by atoms with E-state index in [1.54, 1.807) is 0 Å². The van der Waals surface area contributed by atoms with Gasteiger partial charge in [0.25, 0.3) is 0 Å². The molecule has 0 unspecified atom stereocenters. The van der Waals surface area contributed by atoms with Crippen molar-refractivity contribution in [3.8, 4) is 0 Å². The summed E-state index contributed by atoms with van der Waals surface area (Å²) in [7, 11) is 0. The molecule has 1 aliphatic rings. The summed E-state index contributed by atoms with van der Waals surface area (Å²) in [6.07, 6.45) is 8.36. The summed E-state index contributed by atoms with van der Waals surface area (Å²) in [5.74, 6) is 0. The molecular weight excluding hydrogens is 474 g/mol. The average Bonchev–Trinajstić information content (AvgIpc) is 3.30. The zero-order valence-electron chi connectivity index (χ0n) is 16.5. The van der Waals surface area contributed by atoms with Gasteiger partial charge in [0, 0.05) is 0 Å². The van der Waals surface area contributed by atoms with Gasteiger partial charge in [0.1, 0.15) is 0 Å². The zero-order chi connectivity index (χ0) is 17.9. The SMILES string of the molecule is Cc1ccc2c(c1)[cH-]c1cc(C)ccc12.[C-]1=CC(c2ccccc2)=CC1.[Cl-].[Cl-].[Zr+4]. The molecule has 0 saturated heterocycles. The van der Waals surface area contributed by atoms with Gasteiger partial charge in [0.15, 0.2) is 0 Å². The van der Waals surface area contributed by atoms with Gasteiger partial charge in [0.2, 0.25) is 0 Å². The van der Waals surface area contributed by atoms with Crippen LogP contribution >= 0.6 is 0 Å². The Morgan fingerprint density at radius 1 is 0.759 bits per heavy atom. The van der Waals surface area contributed by atoms with Gasteiger partial charge in [-0.15, -0.1) is 51.7 Å². The van der Waals surface area contributed by atoms with Gasteiger partial charge in [0.05, 0.1) is 0 Å². The number of halogens is 2. The van der Waals surface area contributed by atoms with E-state index in [-0.39, 0.29) is 51.0 Å². The van der Waals surface area contributed by atoms with E-state index in [9.17, 15) is 0 Å². The molecule has 0 heterocycles. The van der Waals surface area contributed by atoms with Crippen molar-refractivity contribution in [1.29, 1.82) is 0 Å². The number of aryl methyl sites for hydroxylation is 2. The monoisotopic (exact) mass is 494 g/mol. The maximum absolute atomic E-state index is 3.15. The van der Waals surface area contributed by atoms with Crippen LogP contribution in [0.2, 0.25) is 0 Å². The van der Waals surface area contributed by atoms with Crippen molar-refractivity contribution >= 4 is 27.1 Å². The first-order chi connectivity index (χ1) is 12.7. The Balaban J connectivity index is 0.000000273. The van der Waals surface area contributed by atoms with Crippen molar-refractivity contribution in [1.82, 2.24) is 0 Å². The minimum atomic E-state index is 0. The molecule has 0 N–H and O–H groups in total. The second-order valence-electron chi connectivity index (χ2n) is 6.90. The Morgan fingerprint density at radius 3 is 1.79 bits per heavy atom. The second-order valence-corrected chi connectivity index (χ2v) is 6.90. The smallest absolute Gasteiger partial charge is 1.00 e. The van der Waals surface area contributed by atoms with Crippen LogP contribution in [0, 0.1) is 19.9 Å². The van der Waals surface area contributed by atoms with Crippen LogP contribution < -0.4 is 24.8 Å². The molecule has 0 radical (unpaired) electrons. The third-order valence-electron chi connectivity index (χ3n) is 4.82. The van der Waals surface area contributed by atoms with Gasteiger partial charge in [-0.2, -0.15) is 11.6 Å². The van der Waals surface area contributed by atoms with E-state index in [4.69, 9.17) is 0 Å². The summed E-state index contributed by atoms with van der Waals surface area (Å²) < 4.78 is 0. The fourth-order valence-electron chi connectivity index (χ4n) is 3.49. The molecule has 4 aromatic rings. The molecule has 0 bridgehead atoms. The van der Waals surface area contributed by atoms with Crippen LogP contribution in [-0.2, 0) is 26.2 Å². The van der Waals surface area contributed by atoms with E-state index >= 15 is 0 Å². The number of allylic oxidation sites excluding steroid dienone is 4. The Morgan fingerprint density at radius 2 is 1.31 bits per heavy atom. The molecule has 0 nitrogen and oxygen atoms in total. The Labute approximate surface area is 205 Å². The van der Waals surface area contributed by atoms with Crippen LogP contribution in [0.3, 0.4) is 0 Å². The maximum atomic E-state index is 3.15. The predicted octanol–water partition coefficient (Wildman–Crippen LogP) is 1.17. The van der Waals surface area contributed by atoms with Gasteiger partial charge >= 0.3 is 26.2 Å². The third-order valence-corrected chi connectivity index (χ3v) is 4.82. The molecule has 5 rings (SSSR count). The van der Waals surface area contributed by atoms with Crippen molar-refractivity contribution in [3.63, 3.8) is 0 Å². The molecule has 4 aromatic carbocycles. The Bertz CT molecular complexity index is 1070. The molecule has 0 spiro atoms. The minimum absolute atomic E-state index is 0. The van der Waals surface area contributed by atoms with E-state index in [1.807, 2.05) is 6.07 Å². The molecule has 0 fully saturated rings. The van der Waals surface area contributed by atoms with Gasteiger partial charge in [-0.1, -0.05) is 65.7 Å². The van der Waals surface area contributed by atoms with Gasteiger partial charge in [-0.05, 0) is 13.8 Å². The molecule has 0 aliphatic heterocycles.